The van der Waals surface area contributed by atoms with Gasteiger partial charge in [-0.1, -0.05) is 18.2 Å². The molecule has 0 saturated carbocycles. The molecule has 0 bridgehead atoms. The molecule has 0 amide bonds. The topological polar surface area (TPSA) is 29.3 Å². The summed E-state index contributed by atoms with van der Waals surface area (Å²) in [5.41, 5.74) is 2.72. The number of benzene rings is 2. The van der Waals surface area contributed by atoms with Crippen LogP contribution in [0.3, 0.4) is 0 Å². The number of nitrogens with zero attached hydrogens (tertiary/aromatic N) is 2. The van der Waals surface area contributed by atoms with Crippen LogP contribution in [0.1, 0.15) is 5.69 Å². The summed E-state index contributed by atoms with van der Waals surface area (Å²) in [6, 6.07) is 16.2. The molecule has 21 heavy (non-hydrogen) atoms. The molecular formula is C17H15FN2O. The molecule has 1 aromatic heterocycles. The van der Waals surface area contributed by atoms with Gasteiger partial charge in [-0.15, -0.1) is 0 Å². The van der Waals surface area contributed by atoms with E-state index in [1.165, 1.54) is 12.1 Å². The Kier molecular flexibility index (Phi) is 3.69. The summed E-state index contributed by atoms with van der Waals surface area (Å²) >= 11 is 0. The number of para-hydroxylation sites is 1. The molecule has 0 aliphatic heterocycles. The first kappa shape index (κ1) is 13.4. The van der Waals surface area contributed by atoms with E-state index in [0.717, 1.165) is 16.9 Å². The molecule has 1 heterocycles. The van der Waals surface area contributed by atoms with E-state index in [-0.39, 0.29) is 5.82 Å². The molecule has 0 aliphatic rings. The van der Waals surface area contributed by atoms with Crippen molar-refractivity contribution in [3.05, 3.63) is 72.4 Å². The van der Waals surface area contributed by atoms with E-state index in [9.17, 15) is 4.39 Å². The maximum atomic E-state index is 12.9. The van der Waals surface area contributed by atoms with Crippen LogP contribution in [0.15, 0.2) is 65.3 Å². The van der Waals surface area contributed by atoms with Crippen LogP contribution in [0.5, 0.6) is 0 Å². The number of aromatic nitrogens is 1. The monoisotopic (exact) mass is 282 g/mol. The van der Waals surface area contributed by atoms with Crippen molar-refractivity contribution in [1.82, 2.24) is 4.98 Å². The van der Waals surface area contributed by atoms with E-state index >= 15 is 0 Å². The van der Waals surface area contributed by atoms with Crippen molar-refractivity contribution in [2.45, 2.75) is 6.54 Å². The second-order valence-corrected chi connectivity index (χ2v) is 4.84. The lowest BCUT2D eigenvalue weighted by Crippen LogP contribution is -2.16. The standard InChI is InChI=1S/C17H15FN2O/c1-20(16-5-3-2-4-6-16)11-15-12-21-17(19-15)13-7-9-14(18)10-8-13/h2-10,12H,11H2,1H3. The number of hydrogen-bond donors (Lipinski definition) is 0. The van der Waals surface area contributed by atoms with Gasteiger partial charge in [0, 0.05) is 18.3 Å². The van der Waals surface area contributed by atoms with Crippen LogP contribution >= 0.6 is 0 Å². The van der Waals surface area contributed by atoms with Crippen LogP contribution in [0, 0.1) is 5.82 Å². The van der Waals surface area contributed by atoms with E-state index in [0.29, 0.717) is 12.4 Å². The number of anilines is 1. The van der Waals surface area contributed by atoms with Crippen molar-refractivity contribution in [3.8, 4) is 11.5 Å². The Labute approximate surface area is 122 Å². The Balaban J connectivity index is 1.75. The quantitative estimate of drug-likeness (QED) is 0.721. The summed E-state index contributed by atoms with van der Waals surface area (Å²) in [4.78, 5) is 6.53. The molecule has 4 heteroatoms. The molecule has 3 nitrogen and oxygen atoms in total. The smallest absolute Gasteiger partial charge is 0.226 e. The normalized spacial score (nSPS) is 10.6. The molecule has 0 N–H and O–H groups in total. The van der Waals surface area contributed by atoms with Gasteiger partial charge in [0.2, 0.25) is 5.89 Å². The van der Waals surface area contributed by atoms with Crippen LogP contribution < -0.4 is 4.90 Å². The van der Waals surface area contributed by atoms with Crippen molar-refractivity contribution in [2.75, 3.05) is 11.9 Å². The largest absolute Gasteiger partial charge is 0.444 e. The zero-order valence-electron chi connectivity index (χ0n) is 11.7. The Bertz CT molecular complexity index is 707. The average Bonchev–Trinajstić information content (AvgIpc) is 2.97. The van der Waals surface area contributed by atoms with E-state index in [4.69, 9.17) is 4.42 Å². The fourth-order valence-electron chi connectivity index (χ4n) is 2.12. The highest BCUT2D eigenvalue weighted by Crippen LogP contribution is 2.20. The number of hydrogen-bond acceptors (Lipinski definition) is 3. The predicted octanol–water partition coefficient (Wildman–Crippen LogP) is 4.12. The van der Waals surface area contributed by atoms with Crippen LogP contribution in [0.2, 0.25) is 0 Å². The summed E-state index contributed by atoms with van der Waals surface area (Å²) in [7, 11) is 2.00. The first-order valence-corrected chi connectivity index (χ1v) is 6.69. The first-order chi connectivity index (χ1) is 10.2. The maximum absolute atomic E-state index is 12.9. The summed E-state index contributed by atoms with van der Waals surface area (Å²) in [5.74, 6) is 0.237. The minimum atomic E-state index is -0.269. The minimum absolute atomic E-state index is 0.269. The molecular weight excluding hydrogens is 267 g/mol. The molecule has 0 unspecified atom stereocenters. The molecule has 0 aliphatic carbocycles. The zero-order chi connectivity index (χ0) is 14.7. The predicted molar refractivity (Wildman–Crippen MR) is 80.4 cm³/mol. The van der Waals surface area contributed by atoms with Crippen molar-refractivity contribution < 1.29 is 8.81 Å². The summed E-state index contributed by atoms with van der Waals surface area (Å²) < 4.78 is 18.4. The Morgan fingerprint density at radius 1 is 1.05 bits per heavy atom. The molecule has 0 atom stereocenters. The summed E-state index contributed by atoms with van der Waals surface area (Å²) in [6.07, 6.45) is 1.64. The molecule has 0 fully saturated rings. The fourth-order valence-corrected chi connectivity index (χ4v) is 2.12. The number of halogens is 1. The molecule has 3 rings (SSSR count). The van der Waals surface area contributed by atoms with Gasteiger partial charge in [0.25, 0.3) is 0 Å². The van der Waals surface area contributed by atoms with Crippen molar-refractivity contribution in [1.29, 1.82) is 0 Å². The third-order valence-electron chi connectivity index (χ3n) is 3.24. The van der Waals surface area contributed by atoms with Gasteiger partial charge in [-0.3, -0.25) is 0 Å². The Hall–Kier alpha value is -2.62. The molecule has 2 aromatic carbocycles. The summed E-state index contributed by atoms with van der Waals surface area (Å²) in [6.45, 7) is 0.648. The molecule has 106 valence electrons. The van der Waals surface area contributed by atoms with Gasteiger partial charge in [0.15, 0.2) is 0 Å². The van der Waals surface area contributed by atoms with E-state index in [2.05, 4.69) is 9.88 Å². The van der Waals surface area contributed by atoms with Gasteiger partial charge in [-0.2, -0.15) is 0 Å². The Morgan fingerprint density at radius 3 is 2.48 bits per heavy atom. The van der Waals surface area contributed by atoms with Gasteiger partial charge >= 0.3 is 0 Å². The van der Waals surface area contributed by atoms with Crippen molar-refractivity contribution in [2.24, 2.45) is 0 Å². The highest BCUT2D eigenvalue weighted by atomic mass is 19.1. The SMILES string of the molecule is CN(Cc1coc(-c2ccc(F)cc2)n1)c1ccccc1. The molecule has 0 saturated heterocycles. The van der Waals surface area contributed by atoms with Crippen LogP contribution in [0.25, 0.3) is 11.5 Å². The minimum Gasteiger partial charge on any atom is -0.444 e. The lowest BCUT2D eigenvalue weighted by Gasteiger charge is -2.17. The third-order valence-corrected chi connectivity index (χ3v) is 3.24. The van der Waals surface area contributed by atoms with Gasteiger partial charge in [0.05, 0.1) is 12.2 Å². The van der Waals surface area contributed by atoms with Gasteiger partial charge in [-0.05, 0) is 36.4 Å². The molecule has 0 spiro atoms. The second-order valence-electron chi connectivity index (χ2n) is 4.84. The van der Waals surface area contributed by atoms with Crippen molar-refractivity contribution in [3.63, 3.8) is 0 Å². The first-order valence-electron chi connectivity index (χ1n) is 6.69. The maximum Gasteiger partial charge on any atom is 0.226 e. The number of oxazole rings is 1. The highest BCUT2D eigenvalue weighted by Gasteiger charge is 2.09. The van der Waals surface area contributed by atoms with Crippen LogP contribution in [0.4, 0.5) is 10.1 Å². The third kappa shape index (κ3) is 3.11. The zero-order valence-corrected chi connectivity index (χ0v) is 11.7. The van der Waals surface area contributed by atoms with Crippen LogP contribution in [-0.2, 0) is 6.54 Å². The van der Waals surface area contributed by atoms with E-state index in [1.54, 1.807) is 18.4 Å². The lowest BCUT2D eigenvalue weighted by atomic mass is 10.2. The number of rotatable bonds is 4. The average molecular weight is 282 g/mol. The molecule has 0 radical (unpaired) electrons. The van der Waals surface area contributed by atoms with Gasteiger partial charge in [0.1, 0.15) is 12.1 Å². The van der Waals surface area contributed by atoms with Crippen LogP contribution in [-0.4, -0.2) is 12.0 Å². The van der Waals surface area contributed by atoms with E-state index < -0.39 is 0 Å². The fraction of sp³-hybridized carbons (Fsp3) is 0.118. The summed E-state index contributed by atoms with van der Waals surface area (Å²) in [5, 5.41) is 0. The van der Waals surface area contributed by atoms with Gasteiger partial charge < -0.3 is 9.32 Å². The van der Waals surface area contributed by atoms with E-state index in [1.807, 2.05) is 37.4 Å². The van der Waals surface area contributed by atoms with Crippen molar-refractivity contribution >= 4 is 5.69 Å². The second kappa shape index (κ2) is 5.79. The lowest BCUT2D eigenvalue weighted by molar-refractivity contribution is 0.571. The molecule has 3 aromatic rings. The van der Waals surface area contributed by atoms with Gasteiger partial charge in [-0.25, -0.2) is 9.37 Å². The highest BCUT2D eigenvalue weighted by molar-refractivity contribution is 5.53. The Morgan fingerprint density at radius 2 is 1.76 bits per heavy atom.